The van der Waals surface area contributed by atoms with Crippen LogP contribution in [0, 0.1) is 5.92 Å². The Morgan fingerprint density at radius 1 is 1.19 bits per heavy atom. The van der Waals surface area contributed by atoms with E-state index in [-0.39, 0.29) is 0 Å². The van der Waals surface area contributed by atoms with Gasteiger partial charge in [0.25, 0.3) is 0 Å². The predicted molar refractivity (Wildman–Crippen MR) is 92.3 cm³/mol. The van der Waals surface area contributed by atoms with Crippen LogP contribution in [0.4, 0.5) is 0 Å². The summed E-state index contributed by atoms with van der Waals surface area (Å²) in [4.78, 5) is 1.43. The van der Waals surface area contributed by atoms with Crippen LogP contribution in [-0.2, 0) is 6.54 Å². The van der Waals surface area contributed by atoms with Gasteiger partial charge in [0.15, 0.2) is 0 Å². The molecule has 0 saturated heterocycles. The second kappa shape index (κ2) is 7.15. The largest absolute Gasteiger partial charge is 0.305 e. The third-order valence-electron chi connectivity index (χ3n) is 4.24. The monoisotopic (exact) mass is 339 g/mol. The molecule has 0 bridgehead atoms. The number of hydrogen-bond donors (Lipinski definition) is 1. The highest BCUT2D eigenvalue weighted by Crippen LogP contribution is 2.37. The van der Waals surface area contributed by atoms with Crippen LogP contribution in [0.5, 0.6) is 0 Å². The van der Waals surface area contributed by atoms with Gasteiger partial charge in [-0.2, -0.15) is 0 Å². The van der Waals surface area contributed by atoms with Gasteiger partial charge in [-0.1, -0.05) is 42.1 Å². The van der Waals surface area contributed by atoms with Gasteiger partial charge in [0, 0.05) is 27.5 Å². The zero-order valence-corrected chi connectivity index (χ0v) is 14.1. The van der Waals surface area contributed by atoms with Crippen LogP contribution in [0.1, 0.15) is 42.2 Å². The van der Waals surface area contributed by atoms with Gasteiger partial charge in [-0.25, -0.2) is 0 Å². The average Bonchev–Trinajstić information content (AvgIpc) is 3.16. The second-order valence-electron chi connectivity index (χ2n) is 5.65. The molecule has 1 aliphatic rings. The maximum Gasteiger partial charge on any atom is 0.0451 e. The minimum atomic E-state index is 0.433. The summed E-state index contributed by atoms with van der Waals surface area (Å²) in [5.41, 5.74) is 1.07. The van der Waals surface area contributed by atoms with E-state index in [0.717, 1.165) is 28.1 Å². The molecule has 4 heteroatoms. The molecule has 1 heterocycles. The number of rotatable bonds is 5. The molecular formula is C17H19Cl2NS. The van der Waals surface area contributed by atoms with Gasteiger partial charge in [-0.3, -0.25) is 0 Å². The fourth-order valence-electron chi connectivity index (χ4n) is 3.16. The highest BCUT2D eigenvalue weighted by molar-refractivity contribution is 7.10. The van der Waals surface area contributed by atoms with Crippen LogP contribution in [-0.4, -0.2) is 0 Å². The Morgan fingerprint density at radius 2 is 2.00 bits per heavy atom. The normalized spacial score (nSPS) is 17.2. The SMILES string of the molecule is Clc1ccc(Cl)c(CNC(c2cccs2)C2CCCC2)c1. The number of nitrogens with one attached hydrogen (secondary N) is 1. The molecule has 1 unspecified atom stereocenters. The lowest BCUT2D eigenvalue weighted by atomic mass is 9.96. The summed E-state index contributed by atoms with van der Waals surface area (Å²) in [5, 5.41) is 7.40. The van der Waals surface area contributed by atoms with Gasteiger partial charge in [0.1, 0.15) is 0 Å². The minimum absolute atomic E-state index is 0.433. The minimum Gasteiger partial charge on any atom is -0.305 e. The van der Waals surface area contributed by atoms with Crippen LogP contribution in [0.25, 0.3) is 0 Å². The molecule has 0 aliphatic heterocycles. The van der Waals surface area contributed by atoms with Crippen molar-refractivity contribution in [3.8, 4) is 0 Å². The standard InChI is InChI=1S/C17H19Cl2NS/c18-14-7-8-15(19)13(10-14)11-20-17(12-4-1-2-5-12)16-6-3-9-21-16/h3,6-10,12,17,20H,1-2,4-5,11H2. The van der Waals surface area contributed by atoms with Gasteiger partial charge < -0.3 is 5.32 Å². The van der Waals surface area contributed by atoms with Crippen molar-refractivity contribution in [2.75, 3.05) is 0 Å². The highest BCUT2D eigenvalue weighted by Gasteiger charge is 2.26. The van der Waals surface area contributed by atoms with E-state index in [1.54, 1.807) is 0 Å². The predicted octanol–water partition coefficient (Wildman–Crippen LogP) is 6.08. The lowest BCUT2D eigenvalue weighted by Crippen LogP contribution is -2.26. The fourth-order valence-corrected chi connectivity index (χ4v) is 4.43. The summed E-state index contributed by atoms with van der Waals surface area (Å²) in [7, 11) is 0. The smallest absolute Gasteiger partial charge is 0.0451 e. The zero-order valence-electron chi connectivity index (χ0n) is 11.8. The molecule has 1 aromatic carbocycles. The maximum atomic E-state index is 6.27. The first-order valence-electron chi connectivity index (χ1n) is 7.45. The van der Waals surface area contributed by atoms with Gasteiger partial charge in [0.2, 0.25) is 0 Å². The van der Waals surface area contributed by atoms with Gasteiger partial charge in [0.05, 0.1) is 0 Å². The first-order valence-corrected chi connectivity index (χ1v) is 9.08. The number of hydrogen-bond acceptors (Lipinski definition) is 2. The quantitative estimate of drug-likeness (QED) is 0.696. The molecule has 0 spiro atoms. The Hall–Kier alpha value is -0.540. The van der Waals surface area contributed by atoms with E-state index in [1.165, 1.54) is 30.6 Å². The van der Waals surface area contributed by atoms with Crippen molar-refractivity contribution in [2.24, 2.45) is 5.92 Å². The zero-order chi connectivity index (χ0) is 14.7. The van der Waals surface area contributed by atoms with Crippen molar-refractivity contribution < 1.29 is 0 Å². The molecule has 21 heavy (non-hydrogen) atoms. The van der Waals surface area contributed by atoms with Crippen LogP contribution < -0.4 is 5.32 Å². The van der Waals surface area contributed by atoms with E-state index < -0.39 is 0 Å². The molecule has 2 aromatic rings. The molecule has 0 radical (unpaired) electrons. The van der Waals surface area contributed by atoms with E-state index >= 15 is 0 Å². The van der Waals surface area contributed by atoms with Crippen molar-refractivity contribution in [2.45, 2.75) is 38.3 Å². The number of thiophene rings is 1. The molecule has 3 rings (SSSR count). The van der Waals surface area contributed by atoms with Gasteiger partial charge in [-0.15, -0.1) is 11.3 Å². The lowest BCUT2D eigenvalue weighted by Gasteiger charge is -2.24. The van der Waals surface area contributed by atoms with Crippen molar-refractivity contribution in [3.05, 3.63) is 56.2 Å². The first-order chi connectivity index (χ1) is 10.2. The van der Waals surface area contributed by atoms with Crippen LogP contribution in [0.3, 0.4) is 0 Å². The Kier molecular flexibility index (Phi) is 5.23. The molecule has 1 fully saturated rings. The molecule has 1 aromatic heterocycles. The second-order valence-corrected chi connectivity index (χ2v) is 7.48. The summed E-state index contributed by atoms with van der Waals surface area (Å²) in [6.45, 7) is 0.762. The van der Waals surface area contributed by atoms with Crippen LogP contribution >= 0.6 is 34.5 Å². The Bertz CT molecular complexity index is 576. The average molecular weight is 340 g/mol. The summed E-state index contributed by atoms with van der Waals surface area (Å²) in [5.74, 6) is 0.738. The third-order valence-corrected chi connectivity index (χ3v) is 5.80. The van der Waals surface area contributed by atoms with Gasteiger partial charge in [-0.05, 0) is 54.0 Å². The third kappa shape index (κ3) is 3.81. The molecule has 0 amide bonds. The molecule has 1 N–H and O–H groups in total. The van der Waals surface area contributed by atoms with Crippen molar-refractivity contribution in [1.29, 1.82) is 0 Å². The number of benzene rings is 1. The van der Waals surface area contributed by atoms with Crippen molar-refractivity contribution in [1.82, 2.24) is 5.32 Å². The lowest BCUT2D eigenvalue weighted by molar-refractivity contribution is 0.371. The maximum absolute atomic E-state index is 6.27. The molecule has 1 aliphatic carbocycles. The molecule has 112 valence electrons. The van der Waals surface area contributed by atoms with E-state index in [2.05, 4.69) is 22.8 Å². The Balaban J connectivity index is 1.74. The molecule has 1 saturated carbocycles. The fraction of sp³-hybridized carbons (Fsp3) is 0.412. The highest BCUT2D eigenvalue weighted by atomic mass is 35.5. The summed E-state index contributed by atoms with van der Waals surface area (Å²) < 4.78 is 0. The summed E-state index contributed by atoms with van der Waals surface area (Å²) in [6, 6.07) is 10.5. The number of halogens is 2. The summed E-state index contributed by atoms with van der Waals surface area (Å²) in [6.07, 6.45) is 5.34. The Labute approximate surface area is 140 Å². The van der Waals surface area contributed by atoms with Crippen molar-refractivity contribution >= 4 is 34.5 Å². The van der Waals surface area contributed by atoms with Crippen molar-refractivity contribution in [3.63, 3.8) is 0 Å². The van der Waals surface area contributed by atoms with E-state index in [4.69, 9.17) is 23.2 Å². The molecule has 1 atom stereocenters. The van der Waals surface area contributed by atoms with Gasteiger partial charge >= 0.3 is 0 Å². The van der Waals surface area contributed by atoms with E-state index in [9.17, 15) is 0 Å². The Morgan fingerprint density at radius 3 is 2.71 bits per heavy atom. The van der Waals surface area contributed by atoms with E-state index in [1.807, 2.05) is 29.5 Å². The van der Waals surface area contributed by atoms with E-state index in [0.29, 0.717) is 6.04 Å². The molecule has 1 nitrogen and oxygen atoms in total. The van der Waals surface area contributed by atoms with Crippen LogP contribution in [0.15, 0.2) is 35.7 Å². The first kappa shape index (κ1) is 15.4. The molecular weight excluding hydrogens is 321 g/mol. The topological polar surface area (TPSA) is 12.0 Å². The van der Waals surface area contributed by atoms with Crippen LogP contribution in [0.2, 0.25) is 10.0 Å². The summed E-state index contributed by atoms with van der Waals surface area (Å²) >= 11 is 14.2.